The highest BCUT2D eigenvalue weighted by Gasteiger charge is 2.12. The van der Waals surface area contributed by atoms with E-state index >= 15 is 0 Å². The van der Waals surface area contributed by atoms with Crippen molar-refractivity contribution in [1.29, 1.82) is 0 Å². The first-order chi connectivity index (χ1) is 13.5. The Kier molecular flexibility index (Phi) is 6.19. The van der Waals surface area contributed by atoms with Gasteiger partial charge in [-0.25, -0.2) is 9.97 Å². The van der Waals surface area contributed by atoms with Crippen LogP contribution in [0.3, 0.4) is 0 Å². The van der Waals surface area contributed by atoms with E-state index < -0.39 is 0 Å². The van der Waals surface area contributed by atoms with Crippen LogP contribution < -0.4 is 11.5 Å². The molecule has 0 saturated carbocycles. The van der Waals surface area contributed by atoms with Gasteiger partial charge >= 0.3 is 0 Å². The number of aromatic nitrogens is 3. The van der Waals surface area contributed by atoms with Crippen molar-refractivity contribution in [1.82, 2.24) is 14.5 Å². The minimum Gasteiger partial charge on any atom is -0.369 e. The summed E-state index contributed by atoms with van der Waals surface area (Å²) >= 11 is 1.56. The normalized spacial score (nSPS) is 11.0. The highest BCUT2D eigenvalue weighted by atomic mass is 32.1. The van der Waals surface area contributed by atoms with Crippen molar-refractivity contribution in [2.75, 3.05) is 0 Å². The monoisotopic (exact) mass is 391 g/mol. The summed E-state index contributed by atoms with van der Waals surface area (Å²) in [5.74, 6) is 6.31. The van der Waals surface area contributed by atoms with Gasteiger partial charge in [0.05, 0.1) is 22.6 Å². The Labute approximate surface area is 167 Å². The van der Waals surface area contributed by atoms with Gasteiger partial charge in [0.2, 0.25) is 5.96 Å². The van der Waals surface area contributed by atoms with E-state index in [0.717, 1.165) is 45.4 Å². The summed E-state index contributed by atoms with van der Waals surface area (Å²) in [5, 5.41) is 8.67. The van der Waals surface area contributed by atoms with Crippen molar-refractivity contribution in [3.05, 3.63) is 59.1 Å². The minimum atomic E-state index is -0.0662. The summed E-state index contributed by atoms with van der Waals surface area (Å²) in [6.07, 6.45) is 6.28. The average Bonchev–Trinajstić information content (AvgIpc) is 3.33. The molecule has 4 N–H and O–H groups in total. The zero-order valence-electron chi connectivity index (χ0n) is 15.8. The number of imidazole rings is 1. The number of rotatable bonds is 5. The minimum absolute atomic E-state index is 0.0662. The highest BCUT2D eigenvalue weighted by molar-refractivity contribution is 7.17. The largest absolute Gasteiger partial charge is 0.369 e. The van der Waals surface area contributed by atoms with Gasteiger partial charge in [0.25, 0.3) is 0 Å². The fourth-order valence-electron chi connectivity index (χ4n) is 2.50. The Morgan fingerprint density at radius 2 is 2.00 bits per heavy atom. The van der Waals surface area contributed by atoms with E-state index in [4.69, 9.17) is 11.5 Å². The number of guanidine groups is 1. The lowest BCUT2D eigenvalue weighted by Crippen LogP contribution is -2.22. The Balaban J connectivity index is 1.69. The topological polar surface area (TPSA) is 107 Å². The molecule has 3 aromatic rings. The molecule has 28 heavy (non-hydrogen) atoms. The van der Waals surface area contributed by atoms with Crippen molar-refractivity contribution < 1.29 is 0 Å². The molecule has 0 saturated heterocycles. The van der Waals surface area contributed by atoms with Gasteiger partial charge in [0.1, 0.15) is 5.01 Å². The summed E-state index contributed by atoms with van der Waals surface area (Å²) in [5.41, 5.74) is 14.3. The van der Waals surface area contributed by atoms with Crippen LogP contribution in [0, 0.1) is 18.8 Å². The number of nitrogens with zero attached hydrogens (tertiary/aromatic N) is 5. The fourth-order valence-corrected chi connectivity index (χ4v) is 3.51. The molecule has 0 atom stereocenters. The molecule has 0 unspecified atom stereocenters. The molecule has 1 aromatic carbocycles. The SMILES string of the molecule is C/C(=N\N=C(N)N)c1sc(-c2ccc(C#CCCn3ccnc3)cc2)nc1C. The predicted octanol–water partition coefficient (Wildman–Crippen LogP) is 2.75. The Morgan fingerprint density at radius 1 is 1.21 bits per heavy atom. The van der Waals surface area contributed by atoms with Crippen LogP contribution in [-0.2, 0) is 6.54 Å². The van der Waals surface area contributed by atoms with Gasteiger partial charge in [0.15, 0.2) is 0 Å². The van der Waals surface area contributed by atoms with Crippen molar-refractivity contribution in [3.63, 3.8) is 0 Å². The van der Waals surface area contributed by atoms with Crippen LogP contribution >= 0.6 is 11.3 Å². The van der Waals surface area contributed by atoms with Crippen LogP contribution in [0.5, 0.6) is 0 Å². The van der Waals surface area contributed by atoms with Crippen LogP contribution in [0.1, 0.15) is 29.5 Å². The predicted molar refractivity (Wildman–Crippen MR) is 114 cm³/mol. The second-order valence-corrected chi connectivity index (χ2v) is 7.07. The molecule has 0 bridgehead atoms. The molecule has 8 heteroatoms. The summed E-state index contributed by atoms with van der Waals surface area (Å²) in [6.45, 7) is 4.65. The van der Waals surface area contributed by atoms with Crippen LogP contribution in [-0.4, -0.2) is 26.2 Å². The molecule has 0 fully saturated rings. The summed E-state index contributed by atoms with van der Waals surface area (Å²) in [7, 11) is 0. The first-order valence-electron chi connectivity index (χ1n) is 8.69. The first kappa shape index (κ1) is 19.3. The summed E-state index contributed by atoms with van der Waals surface area (Å²) in [4.78, 5) is 9.63. The van der Waals surface area contributed by atoms with Gasteiger partial charge in [-0.2, -0.15) is 5.10 Å². The van der Waals surface area contributed by atoms with Crippen LogP contribution in [0.25, 0.3) is 10.6 Å². The van der Waals surface area contributed by atoms with E-state index in [0.29, 0.717) is 0 Å². The second-order valence-electron chi connectivity index (χ2n) is 6.07. The van der Waals surface area contributed by atoms with Crippen molar-refractivity contribution in [3.8, 4) is 22.4 Å². The van der Waals surface area contributed by atoms with Gasteiger partial charge in [0, 0.05) is 36.5 Å². The third-order valence-corrected chi connectivity index (χ3v) is 5.17. The van der Waals surface area contributed by atoms with Crippen LogP contribution in [0.2, 0.25) is 0 Å². The number of nitrogens with two attached hydrogens (primary N) is 2. The number of benzene rings is 1. The molecule has 2 heterocycles. The highest BCUT2D eigenvalue weighted by Crippen LogP contribution is 2.28. The number of hydrogen-bond acceptors (Lipinski definition) is 5. The Bertz CT molecular complexity index is 1040. The molecular weight excluding hydrogens is 370 g/mol. The van der Waals surface area contributed by atoms with E-state index in [1.165, 1.54) is 0 Å². The first-order valence-corrected chi connectivity index (χ1v) is 9.50. The van der Waals surface area contributed by atoms with Crippen LogP contribution in [0.15, 0.2) is 53.2 Å². The summed E-state index contributed by atoms with van der Waals surface area (Å²) in [6, 6.07) is 8.08. The number of aryl methyl sites for hydroxylation is 2. The zero-order valence-corrected chi connectivity index (χ0v) is 16.6. The van der Waals surface area contributed by atoms with E-state index in [9.17, 15) is 0 Å². The molecule has 0 spiro atoms. The van der Waals surface area contributed by atoms with Crippen LogP contribution in [0.4, 0.5) is 0 Å². The maximum Gasteiger partial charge on any atom is 0.211 e. The maximum atomic E-state index is 5.33. The van der Waals surface area contributed by atoms with E-state index in [-0.39, 0.29) is 5.96 Å². The molecule has 7 nitrogen and oxygen atoms in total. The fraction of sp³-hybridized carbons (Fsp3) is 0.200. The molecular formula is C20H21N7S. The van der Waals surface area contributed by atoms with Crippen molar-refractivity contribution in [2.24, 2.45) is 21.7 Å². The third-order valence-electron chi connectivity index (χ3n) is 3.86. The van der Waals surface area contributed by atoms with Gasteiger partial charge < -0.3 is 16.0 Å². The molecule has 2 aromatic heterocycles. The standard InChI is InChI=1S/C20H21N7S/c1-14-18(15(2)25-26-20(21)22)28-19(24-14)17-8-6-16(7-9-17)5-3-4-11-27-12-10-23-13-27/h6-10,12-13H,4,11H2,1-2H3,(H4,21,22,26)/b25-15+. The van der Waals surface area contributed by atoms with E-state index in [1.54, 1.807) is 23.9 Å². The molecule has 3 rings (SSSR count). The molecule has 0 aliphatic rings. The van der Waals surface area contributed by atoms with E-state index in [2.05, 4.69) is 32.0 Å². The van der Waals surface area contributed by atoms with Crippen molar-refractivity contribution in [2.45, 2.75) is 26.8 Å². The number of thiazole rings is 1. The second kappa shape index (κ2) is 8.97. The lowest BCUT2D eigenvalue weighted by Gasteiger charge is -1.97. The zero-order chi connectivity index (χ0) is 19.9. The number of hydrogen-bond donors (Lipinski definition) is 2. The van der Waals surface area contributed by atoms with Gasteiger partial charge in [-0.15, -0.1) is 16.4 Å². The molecule has 0 aliphatic heterocycles. The summed E-state index contributed by atoms with van der Waals surface area (Å²) < 4.78 is 2.01. The van der Waals surface area contributed by atoms with Gasteiger partial charge in [-0.3, -0.25) is 0 Å². The maximum absolute atomic E-state index is 5.33. The van der Waals surface area contributed by atoms with Crippen molar-refractivity contribution >= 4 is 23.0 Å². The molecule has 142 valence electrons. The smallest absolute Gasteiger partial charge is 0.211 e. The lowest BCUT2D eigenvalue weighted by molar-refractivity contribution is 0.718. The molecule has 0 radical (unpaired) electrons. The lowest BCUT2D eigenvalue weighted by atomic mass is 10.1. The quantitative estimate of drug-likeness (QED) is 0.302. The molecule has 0 aliphatic carbocycles. The van der Waals surface area contributed by atoms with E-state index in [1.807, 2.05) is 48.9 Å². The molecule has 0 amide bonds. The van der Waals surface area contributed by atoms with Gasteiger partial charge in [-0.1, -0.05) is 24.0 Å². The average molecular weight is 392 g/mol. The third kappa shape index (κ3) is 5.05. The van der Waals surface area contributed by atoms with Gasteiger partial charge in [-0.05, 0) is 26.0 Å². The Morgan fingerprint density at radius 3 is 2.68 bits per heavy atom. The Hall–Kier alpha value is -3.44.